The smallest absolute Gasteiger partial charge is 0.185 e. The highest BCUT2D eigenvalue weighted by Gasteiger charge is 2.11. The summed E-state index contributed by atoms with van der Waals surface area (Å²) >= 11 is 0. The van der Waals surface area contributed by atoms with E-state index in [1.807, 2.05) is 0 Å². The fourth-order valence-electron chi connectivity index (χ4n) is 1.57. The number of hydrogen-bond acceptors (Lipinski definition) is 4. The molecule has 0 aliphatic carbocycles. The van der Waals surface area contributed by atoms with Crippen LogP contribution in [0.4, 0.5) is 0 Å². The molecule has 1 aromatic heterocycles. The first-order valence-corrected chi connectivity index (χ1v) is 5.06. The first-order valence-electron chi connectivity index (χ1n) is 5.06. The summed E-state index contributed by atoms with van der Waals surface area (Å²) in [7, 11) is 3.17. The number of aldehydes is 1. The quantitative estimate of drug-likeness (QED) is 0.760. The van der Waals surface area contributed by atoms with Crippen molar-refractivity contribution < 1.29 is 18.7 Å². The van der Waals surface area contributed by atoms with Gasteiger partial charge in [0.2, 0.25) is 0 Å². The molecule has 0 radical (unpaired) electrons. The molecule has 17 heavy (non-hydrogen) atoms. The van der Waals surface area contributed by atoms with Crippen LogP contribution in [0, 0.1) is 0 Å². The Morgan fingerprint density at radius 3 is 2.53 bits per heavy atom. The Hall–Kier alpha value is -2.23. The van der Waals surface area contributed by atoms with Gasteiger partial charge in [-0.1, -0.05) is 0 Å². The molecule has 2 aromatic rings. The van der Waals surface area contributed by atoms with Crippen LogP contribution < -0.4 is 9.47 Å². The van der Waals surface area contributed by atoms with E-state index >= 15 is 0 Å². The van der Waals surface area contributed by atoms with Gasteiger partial charge in [-0.05, 0) is 30.3 Å². The van der Waals surface area contributed by atoms with Crippen LogP contribution in [-0.4, -0.2) is 20.5 Å². The zero-order valence-electron chi connectivity index (χ0n) is 9.60. The Morgan fingerprint density at radius 1 is 1.12 bits per heavy atom. The van der Waals surface area contributed by atoms with Gasteiger partial charge < -0.3 is 13.9 Å². The van der Waals surface area contributed by atoms with E-state index in [2.05, 4.69) is 0 Å². The molecule has 1 heterocycles. The zero-order chi connectivity index (χ0) is 12.3. The second-order valence-electron chi connectivity index (χ2n) is 3.39. The van der Waals surface area contributed by atoms with Gasteiger partial charge in [-0.15, -0.1) is 0 Å². The lowest BCUT2D eigenvalue weighted by molar-refractivity contribution is 0.110. The summed E-state index contributed by atoms with van der Waals surface area (Å²) < 4.78 is 15.7. The van der Waals surface area contributed by atoms with Crippen LogP contribution in [-0.2, 0) is 0 Å². The fraction of sp³-hybridized carbons (Fsp3) is 0.154. The second kappa shape index (κ2) is 4.74. The Labute approximate surface area is 98.8 Å². The van der Waals surface area contributed by atoms with E-state index in [4.69, 9.17) is 13.9 Å². The Balaban J connectivity index is 2.51. The summed E-state index contributed by atoms with van der Waals surface area (Å²) in [6.07, 6.45) is 0.663. The molecule has 4 heteroatoms. The number of ether oxygens (including phenoxy) is 2. The largest absolute Gasteiger partial charge is 0.497 e. The van der Waals surface area contributed by atoms with Gasteiger partial charge in [0.25, 0.3) is 0 Å². The summed E-state index contributed by atoms with van der Waals surface area (Å²) in [6, 6.07) is 8.72. The van der Waals surface area contributed by atoms with Crippen molar-refractivity contribution in [3.8, 4) is 22.8 Å². The Kier molecular flexibility index (Phi) is 3.14. The SMILES string of the molecule is COc1ccc(OC)c(-c2ccc(C=O)o2)c1. The van der Waals surface area contributed by atoms with Crippen molar-refractivity contribution in [2.75, 3.05) is 14.2 Å². The van der Waals surface area contributed by atoms with E-state index in [9.17, 15) is 4.79 Å². The minimum Gasteiger partial charge on any atom is -0.497 e. The van der Waals surface area contributed by atoms with Crippen molar-refractivity contribution in [2.24, 2.45) is 0 Å². The lowest BCUT2D eigenvalue weighted by atomic mass is 10.1. The molecule has 0 amide bonds. The predicted octanol–water partition coefficient (Wildman–Crippen LogP) is 2.78. The molecule has 0 spiro atoms. The van der Waals surface area contributed by atoms with Gasteiger partial charge in [-0.25, -0.2) is 0 Å². The van der Waals surface area contributed by atoms with Gasteiger partial charge in [0, 0.05) is 0 Å². The number of methoxy groups -OCH3 is 2. The Bertz CT molecular complexity index is 528. The molecule has 2 rings (SSSR count). The molecule has 0 atom stereocenters. The van der Waals surface area contributed by atoms with E-state index in [-0.39, 0.29) is 5.76 Å². The zero-order valence-corrected chi connectivity index (χ0v) is 9.60. The number of carbonyl (C=O) groups is 1. The third-order valence-electron chi connectivity index (χ3n) is 2.42. The van der Waals surface area contributed by atoms with Gasteiger partial charge in [0.05, 0.1) is 19.8 Å². The minimum atomic E-state index is 0.282. The second-order valence-corrected chi connectivity index (χ2v) is 3.39. The maximum atomic E-state index is 10.6. The number of furan rings is 1. The van der Waals surface area contributed by atoms with Gasteiger partial charge in [-0.2, -0.15) is 0 Å². The van der Waals surface area contributed by atoms with E-state index in [0.717, 1.165) is 5.56 Å². The van der Waals surface area contributed by atoms with Crippen LogP contribution in [0.2, 0.25) is 0 Å². The van der Waals surface area contributed by atoms with Crippen LogP contribution >= 0.6 is 0 Å². The first kappa shape index (κ1) is 11.3. The maximum absolute atomic E-state index is 10.6. The minimum absolute atomic E-state index is 0.282. The standard InChI is InChI=1S/C13H12O4/c1-15-9-3-5-12(16-2)11(7-9)13-6-4-10(8-14)17-13/h3-8H,1-2H3. The number of rotatable bonds is 4. The van der Waals surface area contributed by atoms with Crippen LogP contribution in [0.3, 0.4) is 0 Å². The van der Waals surface area contributed by atoms with E-state index in [0.29, 0.717) is 23.5 Å². The summed E-state index contributed by atoms with van der Waals surface area (Å²) in [4.78, 5) is 10.6. The topological polar surface area (TPSA) is 48.7 Å². The highest BCUT2D eigenvalue weighted by Crippen LogP contribution is 2.34. The first-order chi connectivity index (χ1) is 8.28. The molecular weight excluding hydrogens is 220 g/mol. The fourth-order valence-corrected chi connectivity index (χ4v) is 1.57. The van der Waals surface area contributed by atoms with Crippen molar-refractivity contribution in [3.05, 3.63) is 36.1 Å². The molecule has 88 valence electrons. The van der Waals surface area contributed by atoms with Gasteiger partial charge in [-0.3, -0.25) is 4.79 Å². The Morgan fingerprint density at radius 2 is 1.94 bits per heavy atom. The van der Waals surface area contributed by atoms with Gasteiger partial charge in [0.15, 0.2) is 12.0 Å². The molecule has 0 unspecified atom stereocenters. The number of hydrogen-bond donors (Lipinski definition) is 0. The van der Waals surface area contributed by atoms with Crippen LogP contribution in [0.1, 0.15) is 10.6 Å². The highest BCUT2D eigenvalue weighted by molar-refractivity contribution is 5.74. The monoisotopic (exact) mass is 232 g/mol. The third kappa shape index (κ3) is 2.15. The maximum Gasteiger partial charge on any atom is 0.185 e. The van der Waals surface area contributed by atoms with Crippen molar-refractivity contribution in [3.63, 3.8) is 0 Å². The molecule has 4 nitrogen and oxygen atoms in total. The molecule has 1 aromatic carbocycles. The van der Waals surface area contributed by atoms with Crippen molar-refractivity contribution in [1.82, 2.24) is 0 Å². The summed E-state index contributed by atoms with van der Waals surface area (Å²) in [5.41, 5.74) is 0.750. The van der Waals surface area contributed by atoms with Crippen molar-refractivity contribution >= 4 is 6.29 Å². The van der Waals surface area contributed by atoms with E-state index in [1.165, 1.54) is 0 Å². The lowest BCUT2D eigenvalue weighted by Gasteiger charge is -2.08. The molecule has 0 aliphatic heterocycles. The van der Waals surface area contributed by atoms with Gasteiger partial charge in [0.1, 0.15) is 17.3 Å². The molecule has 0 aliphatic rings. The molecule has 0 N–H and O–H groups in total. The summed E-state index contributed by atoms with van der Waals surface area (Å²) in [6.45, 7) is 0. The average molecular weight is 232 g/mol. The summed E-state index contributed by atoms with van der Waals surface area (Å²) in [5, 5.41) is 0. The highest BCUT2D eigenvalue weighted by atomic mass is 16.5. The molecule has 0 bridgehead atoms. The summed E-state index contributed by atoms with van der Waals surface area (Å²) in [5.74, 6) is 2.22. The lowest BCUT2D eigenvalue weighted by Crippen LogP contribution is -1.89. The van der Waals surface area contributed by atoms with Crippen LogP contribution in [0.25, 0.3) is 11.3 Å². The van der Waals surface area contributed by atoms with Gasteiger partial charge >= 0.3 is 0 Å². The number of carbonyl (C=O) groups excluding carboxylic acids is 1. The van der Waals surface area contributed by atoms with Crippen molar-refractivity contribution in [2.45, 2.75) is 0 Å². The van der Waals surface area contributed by atoms with Crippen LogP contribution in [0.15, 0.2) is 34.7 Å². The molecule has 0 saturated heterocycles. The molecular formula is C13H12O4. The molecule has 0 saturated carbocycles. The van der Waals surface area contributed by atoms with E-state index < -0.39 is 0 Å². The predicted molar refractivity (Wildman–Crippen MR) is 62.6 cm³/mol. The third-order valence-corrected chi connectivity index (χ3v) is 2.42. The van der Waals surface area contributed by atoms with Crippen molar-refractivity contribution in [1.29, 1.82) is 0 Å². The molecule has 0 fully saturated rings. The normalized spacial score (nSPS) is 10.0. The number of benzene rings is 1. The van der Waals surface area contributed by atoms with Crippen LogP contribution in [0.5, 0.6) is 11.5 Å². The average Bonchev–Trinajstić information content (AvgIpc) is 2.86. The van der Waals surface area contributed by atoms with E-state index in [1.54, 1.807) is 44.6 Å².